The second-order valence-electron chi connectivity index (χ2n) is 8.25. The first-order valence-electron chi connectivity index (χ1n) is 10.3. The molecule has 32 heavy (non-hydrogen) atoms. The Kier molecular flexibility index (Phi) is 6.14. The lowest BCUT2D eigenvalue weighted by molar-refractivity contribution is 0.0689. The Morgan fingerprint density at radius 3 is 2.53 bits per heavy atom. The lowest BCUT2D eigenvalue weighted by Crippen LogP contribution is -2.17. The number of aromatic nitrogens is 3. The van der Waals surface area contributed by atoms with Gasteiger partial charge in [-0.15, -0.1) is 0 Å². The first-order valence-corrected chi connectivity index (χ1v) is 11.5. The maximum atomic E-state index is 12.2. The molecule has 4 aromatic rings. The summed E-state index contributed by atoms with van der Waals surface area (Å²) in [4.78, 5) is 16.5. The number of rotatable bonds is 6. The molecule has 0 saturated carbocycles. The summed E-state index contributed by atoms with van der Waals surface area (Å²) < 4.78 is 7.91. The van der Waals surface area contributed by atoms with Crippen molar-refractivity contribution in [2.24, 2.45) is 0 Å². The summed E-state index contributed by atoms with van der Waals surface area (Å²) in [5, 5.41) is 15.6. The van der Waals surface area contributed by atoms with E-state index in [1.165, 1.54) is 0 Å². The third-order valence-corrected chi connectivity index (χ3v) is 6.48. The van der Waals surface area contributed by atoms with Crippen LogP contribution in [0.15, 0.2) is 45.7 Å². The largest absolute Gasteiger partial charge is 0.476 e. The van der Waals surface area contributed by atoms with Crippen LogP contribution in [0.4, 0.5) is 0 Å². The van der Waals surface area contributed by atoms with Gasteiger partial charge in [-0.3, -0.25) is 0 Å². The number of hydrogen-bond donors (Lipinski definition) is 1. The molecule has 0 fully saturated rings. The number of carbonyl (C=O) groups is 1. The van der Waals surface area contributed by atoms with Crippen LogP contribution in [-0.2, 0) is 6.42 Å². The number of hydrogen-bond acceptors (Lipinski definition) is 4. The standard InChI is InChI=1S/C24H23BrClN3O3/c1-12(2)29-21(20(23(30)31)27-24(29)25)19(16-5-7-17(26)8-6-16)11-15-9-13(3)22-18(10-15)14(4)28-32-22/h5-10,12,19H,11H2,1-4H3,(H,30,31). The van der Waals surface area contributed by atoms with E-state index < -0.39 is 5.97 Å². The minimum Gasteiger partial charge on any atom is -0.476 e. The third kappa shape index (κ3) is 4.07. The summed E-state index contributed by atoms with van der Waals surface area (Å²) >= 11 is 9.61. The minimum absolute atomic E-state index is 0.0132. The topological polar surface area (TPSA) is 81.2 Å². The van der Waals surface area contributed by atoms with E-state index in [4.69, 9.17) is 16.1 Å². The van der Waals surface area contributed by atoms with E-state index in [1.807, 2.05) is 56.5 Å². The van der Waals surface area contributed by atoms with Crippen molar-refractivity contribution < 1.29 is 14.4 Å². The van der Waals surface area contributed by atoms with Crippen molar-refractivity contribution in [1.29, 1.82) is 0 Å². The zero-order valence-electron chi connectivity index (χ0n) is 18.2. The summed E-state index contributed by atoms with van der Waals surface area (Å²) in [6.45, 7) is 7.93. The maximum absolute atomic E-state index is 12.2. The lowest BCUT2D eigenvalue weighted by atomic mass is 9.87. The molecule has 0 saturated heterocycles. The Morgan fingerprint density at radius 2 is 1.91 bits per heavy atom. The fourth-order valence-corrected chi connectivity index (χ4v) is 5.13. The number of fused-ring (bicyclic) bond motifs is 1. The molecule has 6 nitrogen and oxygen atoms in total. The molecule has 166 valence electrons. The molecule has 8 heteroatoms. The Morgan fingerprint density at radius 1 is 1.22 bits per heavy atom. The van der Waals surface area contributed by atoms with Gasteiger partial charge in [0.05, 0.1) is 11.4 Å². The monoisotopic (exact) mass is 515 g/mol. The Labute approximate surface area is 199 Å². The number of carboxylic acid groups (broad SMARTS) is 1. The molecular formula is C24H23BrClN3O3. The van der Waals surface area contributed by atoms with Crippen LogP contribution in [0, 0.1) is 13.8 Å². The van der Waals surface area contributed by atoms with Crippen molar-refractivity contribution in [1.82, 2.24) is 14.7 Å². The molecule has 1 unspecified atom stereocenters. The van der Waals surface area contributed by atoms with Crippen LogP contribution in [-0.4, -0.2) is 25.8 Å². The van der Waals surface area contributed by atoms with Crippen molar-refractivity contribution in [3.8, 4) is 0 Å². The van der Waals surface area contributed by atoms with Crippen LogP contribution in [0.3, 0.4) is 0 Å². The van der Waals surface area contributed by atoms with Crippen LogP contribution in [0.2, 0.25) is 5.02 Å². The van der Waals surface area contributed by atoms with Gasteiger partial charge in [0.15, 0.2) is 16.0 Å². The van der Waals surface area contributed by atoms with Gasteiger partial charge in [-0.05, 0) is 84.9 Å². The van der Waals surface area contributed by atoms with E-state index in [2.05, 4.69) is 38.2 Å². The highest BCUT2D eigenvalue weighted by Crippen LogP contribution is 2.36. The van der Waals surface area contributed by atoms with Gasteiger partial charge in [-0.1, -0.05) is 35.0 Å². The fourth-order valence-electron chi connectivity index (χ4n) is 4.22. The van der Waals surface area contributed by atoms with E-state index in [9.17, 15) is 9.90 Å². The van der Waals surface area contributed by atoms with Crippen LogP contribution < -0.4 is 0 Å². The zero-order valence-corrected chi connectivity index (χ0v) is 20.5. The summed E-state index contributed by atoms with van der Waals surface area (Å²) in [7, 11) is 0. The molecule has 4 rings (SSSR count). The normalized spacial score (nSPS) is 12.6. The molecule has 1 N–H and O–H groups in total. The Bertz CT molecular complexity index is 1310. The lowest BCUT2D eigenvalue weighted by Gasteiger charge is -2.23. The molecule has 2 aromatic heterocycles. The highest BCUT2D eigenvalue weighted by Gasteiger charge is 2.30. The molecular weight excluding hydrogens is 494 g/mol. The number of aromatic carboxylic acids is 1. The molecule has 0 bridgehead atoms. The van der Waals surface area contributed by atoms with Crippen molar-refractivity contribution in [3.63, 3.8) is 0 Å². The van der Waals surface area contributed by atoms with Gasteiger partial charge >= 0.3 is 5.97 Å². The zero-order chi connectivity index (χ0) is 23.2. The molecule has 2 heterocycles. The number of nitrogens with zero attached hydrogens (tertiary/aromatic N) is 3. The average Bonchev–Trinajstić information content (AvgIpc) is 3.27. The third-order valence-electron chi connectivity index (χ3n) is 5.66. The highest BCUT2D eigenvalue weighted by molar-refractivity contribution is 9.10. The van der Waals surface area contributed by atoms with Crippen molar-refractivity contribution in [3.05, 3.63) is 79.9 Å². The second-order valence-corrected chi connectivity index (χ2v) is 9.39. The molecule has 0 aliphatic rings. The number of carboxylic acids is 1. The van der Waals surface area contributed by atoms with E-state index >= 15 is 0 Å². The minimum atomic E-state index is -1.06. The second kappa shape index (κ2) is 8.71. The molecule has 0 amide bonds. The summed E-state index contributed by atoms with van der Waals surface area (Å²) in [5.74, 6) is -1.31. The summed E-state index contributed by atoms with van der Waals surface area (Å²) in [5.41, 5.74) is 5.32. The van der Waals surface area contributed by atoms with Gasteiger partial charge in [0.1, 0.15) is 0 Å². The van der Waals surface area contributed by atoms with Crippen LogP contribution >= 0.6 is 27.5 Å². The Hall–Kier alpha value is -2.64. The Balaban J connectivity index is 1.93. The molecule has 2 aromatic carbocycles. The van der Waals surface area contributed by atoms with Crippen LogP contribution in [0.25, 0.3) is 11.0 Å². The van der Waals surface area contributed by atoms with Crippen molar-refractivity contribution in [2.75, 3.05) is 0 Å². The number of benzene rings is 2. The van der Waals surface area contributed by atoms with Gasteiger partial charge < -0.3 is 14.2 Å². The van der Waals surface area contributed by atoms with E-state index in [0.717, 1.165) is 33.4 Å². The highest BCUT2D eigenvalue weighted by atomic mass is 79.9. The maximum Gasteiger partial charge on any atom is 0.356 e. The van der Waals surface area contributed by atoms with Gasteiger partial charge in [0, 0.05) is 22.4 Å². The van der Waals surface area contributed by atoms with E-state index in [-0.39, 0.29) is 17.7 Å². The quantitative estimate of drug-likeness (QED) is 0.308. The van der Waals surface area contributed by atoms with Crippen molar-refractivity contribution >= 4 is 44.5 Å². The molecule has 0 aliphatic heterocycles. The first kappa shape index (κ1) is 22.6. The molecule has 0 radical (unpaired) electrons. The number of aryl methyl sites for hydroxylation is 2. The molecule has 0 aliphatic carbocycles. The average molecular weight is 517 g/mol. The van der Waals surface area contributed by atoms with E-state index in [1.54, 1.807) is 0 Å². The predicted molar refractivity (Wildman–Crippen MR) is 128 cm³/mol. The number of imidazole rings is 1. The van der Waals surface area contributed by atoms with Crippen molar-refractivity contribution in [2.45, 2.75) is 46.1 Å². The van der Waals surface area contributed by atoms with Gasteiger partial charge in [0.25, 0.3) is 0 Å². The summed E-state index contributed by atoms with van der Waals surface area (Å²) in [6, 6.07) is 11.7. The predicted octanol–water partition coefficient (Wildman–Crippen LogP) is 6.71. The summed E-state index contributed by atoms with van der Waals surface area (Å²) in [6.07, 6.45) is 0.578. The number of halogens is 2. The van der Waals surface area contributed by atoms with E-state index in [0.29, 0.717) is 21.9 Å². The van der Waals surface area contributed by atoms with Gasteiger partial charge in [-0.2, -0.15) is 0 Å². The smallest absolute Gasteiger partial charge is 0.356 e. The fraction of sp³-hybridized carbons (Fsp3) is 0.292. The first-order chi connectivity index (χ1) is 15.2. The molecule has 0 spiro atoms. The van der Waals surface area contributed by atoms with Gasteiger partial charge in [0.2, 0.25) is 0 Å². The van der Waals surface area contributed by atoms with Crippen LogP contribution in [0.5, 0.6) is 0 Å². The van der Waals surface area contributed by atoms with Crippen LogP contribution in [0.1, 0.15) is 64.4 Å². The van der Waals surface area contributed by atoms with Gasteiger partial charge in [-0.25, -0.2) is 9.78 Å². The SMILES string of the molecule is Cc1noc2c(C)cc(CC(c3ccc(Cl)cc3)c3c(C(=O)O)nc(Br)n3C(C)C)cc12. The molecule has 1 atom stereocenters.